The fourth-order valence-corrected chi connectivity index (χ4v) is 3.86. The molecule has 0 atom stereocenters. The molecule has 1 aliphatic rings. The normalized spacial score (nSPS) is 14.6. The third-order valence-corrected chi connectivity index (χ3v) is 5.37. The lowest BCUT2D eigenvalue weighted by atomic mass is 10.1. The molecular formula is C21H24N4S. The van der Waals surface area contributed by atoms with E-state index in [-0.39, 0.29) is 0 Å². The molecule has 3 aromatic rings. The molecule has 0 bridgehead atoms. The van der Waals surface area contributed by atoms with Crippen molar-refractivity contribution >= 4 is 17.9 Å². The van der Waals surface area contributed by atoms with Gasteiger partial charge in [-0.1, -0.05) is 25.1 Å². The number of benzene rings is 2. The first kappa shape index (κ1) is 17.0. The first-order chi connectivity index (χ1) is 12.8. The fourth-order valence-electron chi connectivity index (χ4n) is 3.63. The van der Waals surface area contributed by atoms with Gasteiger partial charge < -0.3 is 4.90 Å². The number of anilines is 1. The number of nitrogens with zero attached hydrogens (tertiary/aromatic N) is 3. The number of aryl methyl sites for hydroxylation is 1. The van der Waals surface area contributed by atoms with Gasteiger partial charge in [-0.3, -0.25) is 9.67 Å². The third-order valence-electron chi connectivity index (χ3n) is 5.09. The highest BCUT2D eigenvalue weighted by atomic mass is 32.1. The molecule has 0 amide bonds. The van der Waals surface area contributed by atoms with Crippen LogP contribution in [0, 0.1) is 4.77 Å². The van der Waals surface area contributed by atoms with Crippen LogP contribution in [-0.4, -0.2) is 27.9 Å². The Morgan fingerprint density at radius 3 is 2.46 bits per heavy atom. The Morgan fingerprint density at radius 2 is 1.73 bits per heavy atom. The highest BCUT2D eigenvalue weighted by molar-refractivity contribution is 7.71. The molecule has 26 heavy (non-hydrogen) atoms. The largest absolute Gasteiger partial charge is 0.372 e. The summed E-state index contributed by atoms with van der Waals surface area (Å²) in [6.07, 6.45) is 4.92. The van der Waals surface area contributed by atoms with E-state index in [1.165, 1.54) is 30.5 Å². The van der Waals surface area contributed by atoms with Gasteiger partial charge in [0.2, 0.25) is 0 Å². The number of hydrogen-bond donors (Lipinski definition) is 1. The Balaban J connectivity index is 1.69. The van der Waals surface area contributed by atoms with Crippen molar-refractivity contribution in [1.29, 1.82) is 0 Å². The number of H-pyrrole nitrogens is 1. The lowest BCUT2D eigenvalue weighted by Gasteiger charge is -2.28. The molecule has 1 aliphatic heterocycles. The molecule has 2 aromatic carbocycles. The molecule has 1 N–H and O–H groups in total. The summed E-state index contributed by atoms with van der Waals surface area (Å²) >= 11 is 5.51. The zero-order valence-electron chi connectivity index (χ0n) is 15.1. The molecule has 134 valence electrons. The van der Waals surface area contributed by atoms with Gasteiger partial charge in [-0.2, -0.15) is 5.10 Å². The van der Waals surface area contributed by atoms with Gasteiger partial charge in [0.15, 0.2) is 10.6 Å². The monoisotopic (exact) mass is 364 g/mol. The van der Waals surface area contributed by atoms with Crippen LogP contribution in [0.15, 0.2) is 48.5 Å². The van der Waals surface area contributed by atoms with Gasteiger partial charge in [0.25, 0.3) is 0 Å². The van der Waals surface area contributed by atoms with Crippen molar-refractivity contribution in [2.24, 2.45) is 0 Å². The zero-order valence-corrected chi connectivity index (χ0v) is 15.9. The fraction of sp³-hybridized carbons (Fsp3) is 0.333. The lowest BCUT2D eigenvalue weighted by molar-refractivity contribution is 0.578. The molecule has 0 radical (unpaired) electrons. The summed E-state index contributed by atoms with van der Waals surface area (Å²) in [5.41, 5.74) is 4.71. The highest BCUT2D eigenvalue weighted by Crippen LogP contribution is 2.25. The van der Waals surface area contributed by atoms with Crippen molar-refractivity contribution in [3.8, 4) is 17.1 Å². The van der Waals surface area contributed by atoms with E-state index in [9.17, 15) is 0 Å². The average Bonchev–Trinajstić information content (AvgIpc) is 3.10. The summed E-state index contributed by atoms with van der Waals surface area (Å²) in [7, 11) is 0. The zero-order chi connectivity index (χ0) is 17.9. The minimum absolute atomic E-state index is 0.618. The van der Waals surface area contributed by atoms with Crippen molar-refractivity contribution < 1.29 is 0 Å². The van der Waals surface area contributed by atoms with Gasteiger partial charge >= 0.3 is 0 Å². The number of aromatic nitrogens is 3. The van der Waals surface area contributed by atoms with Crippen LogP contribution in [0.3, 0.4) is 0 Å². The van der Waals surface area contributed by atoms with Crippen LogP contribution < -0.4 is 4.90 Å². The minimum Gasteiger partial charge on any atom is -0.372 e. The van der Waals surface area contributed by atoms with Crippen molar-refractivity contribution in [3.05, 3.63) is 58.9 Å². The highest BCUT2D eigenvalue weighted by Gasteiger charge is 2.13. The Hall–Kier alpha value is -2.40. The molecule has 4 rings (SSSR count). The van der Waals surface area contributed by atoms with E-state index in [1.54, 1.807) is 0 Å². The predicted octanol–water partition coefficient (Wildman–Crippen LogP) is 5.15. The standard InChI is InChI=1S/C21H24N4S/c1-2-16-7-6-8-17(15-16)20-22-23-21(26)25(20)19-11-9-18(10-12-19)24-13-4-3-5-14-24/h6-12,15H,2-5,13-14H2,1H3,(H,23,26). The smallest absolute Gasteiger partial charge is 0.200 e. The van der Waals surface area contributed by atoms with E-state index in [2.05, 4.69) is 70.6 Å². The summed E-state index contributed by atoms with van der Waals surface area (Å²) in [5.74, 6) is 0.857. The Morgan fingerprint density at radius 1 is 1.00 bits per heavy atom. The van der Waals surface area contributed by atoms with Crippen LogP contribution >= 0.6 is 12.2 Å². The number of piperidine rings is 1. The van der Waals surface area contributed by atoms with Crippen LogP contribution in [0.25, 0.3) is 17.1 Å². The Bertz CT molecular complexity index is 933. The average molecular weight is 365 g/mol. The minimum atomic E-state index is 0.618. The van der Waals surface area contributed by atoms with Crippen LogP contribution in [0.1, 0.15) is 31.7 Å². The van der Waals surface area contributed by atoms with E-state index >= 15 is 0 Å². The molecule has 4 nitrogen and oxygen atoms in total. The topological polar surface area (TPSA) is 36.9 Å². The Labute approximate surface area is 159 Å². The van der Waals surface area contributed by atoms with Gasteiger partial charge in [-0.25, -0.2) is 0 Å². The molecule has 0 saturated carbocycles. The molecule has 1 fully saturated rings. The maximum Gasteiger partial charge on any atom is 0.200 e. The summed E-state index contributed by atoms with van der Waals surface area (Å²) in [5, 5.41) is 7.44. The van der Waals surface area contributed by atoms with E-state index in [1.807, 2.05) is 4.57 Å². The first-order valence-electron chi connectivity index (χ1n) is 9.38. The Kier molecular flexibility index (Phi) is 4.89. The van der Waals surface area contributed by atoms with Crippen LogP contribution in [-0.2, 0) is 6.42 Å². The second-order valence-corrected chi connectivity index (χ2v) is 7.19. The van der Waals surface area contributed by atoms with Crippen LogP contribution in [0.4, 0.5) is 5.69 Å². The molecule has 1 saturated heterocycles. The molecule has 0 aliphatic carbocycles. The van der Waals surface area contributed by atoms with Gasteiger partial charge in [0.1, 0.15) is 0 Å². The number of aromatic amines is 1. The molecule has 2 heterocycles. The molecule has 0 unspecified atom stereocenters. The van der Waals surface area contributed by atoms with Gasteiger partial charge in [-0.15, -0.1) is 0 Å². The predicted molar refractivity (Wildman–Crippen MR) is 110 cm³/mol. The lowest BCUT2D eigenvalue weighted by Crippen LogP contribution is -2.29. The third kappa shape index (κ3) is 3.31. The quantitative estimate of drug-likeness (QED) is 0.651. The maximum absolute atomic E-state index is 5.51. The van der Waals surface area contributed by atoms with E-state index in [0.29, 0.717) is 4.77 Å². The van der Waals surface area contributed by atoms with Crippen molar-refractivity contribution in [1.82, 2.24) is 14.8 Å². The van der Waals surface area contributed by atoms with Crippen molar-refractivity contribution in [2.75, 3.05) is 18.0 Å². The molecular weight excluding hydrogens is 340 g/mol. The van der Waals surface area contributed by atoms with Gasteiger partial charge in [0, 0.05) is 24.3 Å². The summed E-state index contributed by atoms with van der Waals surface area (Å²) in [6.45, 7) is 4.47. The molecule has 0 spiro atoms. The molecule has 1 aromatic heterocycles. The van der Waals surface area contributed by atoms with Crippen molar-refractivity contribution in [3.63, 3.8) is 0 Å². The number of nitrogens with one attached hydrogen (secondary N) is 1. The number of hydrogen-bond acceptors (Lipinski definition) is 3. The second kappa shape index (κ2) is 7.46. The first-order valence-corrected chi connectivity index (χ1v) is 9.79. The SMILES string of the molecule is CCc1cccc(-c2n[nH]c(=S)n2-c2ccc(N3CCCCC3)cc2)c1. The summed E-state index contributed by atoms with van der Waals surface area (Å²) in [4.78, 5) is 2.47. The van der Waals surface area contributed by atoms with E-state index in [4.69, 9.17) is 12.2 Å². The van der Waals surface area contributed by atoms with Gasteiger partial charge in [-0.05, 0) is 73.8 Å². The summed E-state index contributed by atoms with van der Waals surface area (Å²) < 4.78 is 2.64. The molecule has 5 heteroatoms. The maximum atomic E-state index is 5.51. The second-order valence-electron chi connectivity index (χ2n) is 6.81. The van der Waals surface area contributed by atoms with Crippen LogP contribution in [0.2, 0.25) is 0 Å². The van der Waals surface area contributed by atoms with Crippen molar-refractivity contribution in [2.45, 2.75) is 32.6 Å². The van der Waals surface area contributed by atoms with E-state index < -0.39 is 0 Å². The van der Waals surface area contributed by atoms with Crippen LogP contribution in [0.5, 0.6) is 0 Å². The number of rotatable bonds is 4. The summed E-state index contributed by atoms with van der Waals surface area (Å²) in [6, 6.07) is 17.2. The van der Waals surface area contributed by atoms with Gasteiger partial charge in [0.05, 0.1) is 5.69 Å². The van der Waals surface area contributed by atoms with E-state index in [0.717, 1.165) is 36.6 Å².